The van der Waals surface area contributed by atoms with Gasteiger partial charge in [0.15, 0.2) is 11.0 Å². The maximum atomic E-state index is 12.9. The first kappa shape index (κ1) is 22.2. The quantitative estimate of drug-likeness (QED) is 0.320. The second-order valence-corrected chi connectivity index (χ2v) is 9.03. The van der Waals surface area contributed by atoms with Gasteiger partial charge >= 0.3 is 0 Å². The number of carbonyl (C=O) groups excluding carboxylic acids is 1. The number of benzene rings is 3. The minimum absolute atomic E-state index is 0.0735. The molecule has 4 aromatic rings. The van der Waals surface area contributed by atoms with Gasteiger partial charge in [-0.3, -0.25) is 4.79 Å². The number of fused-ring (bicyclic) bond motifs is 1. The van der Waals surface area contributed by atoms with Crippen LogP contribution in [0.5, 0.6) is 0 Å². The zero-order valence-electron chi connectivity index (χ0n) is 17.9. The van der Waals surface area contributed by atoms with Gasteiger partial charge in [-0.1, -0.05) is 65.8 Å². The van der Waals surface area contributed by atoms with Crippen molar-refractivity contribution in [3.05, 3.63) is 77.6 Å². The topological polar surface area (TPSA) is 71.8 Å². The molecule has 1 atom stereocenters. The normalized spacial score (nSPS) is 12.0. The molecule has 4 rings (SSSR count). The molecule has 164 valence electrons. The highest BCUT2D eigenvalue weighted by Gasteiger charge is 2.20. The Morgan fingerprint density at radius 1 is 1.09 bits per heavy atom. The first-order chi connectivity index (χ1) is 15.5. The van der Waals surface area contributed by atoms with Gasteiger partial charge in [0.05, 0.1) is 11.8 Å². The van der Waals surface area contributed by atoms with Crippen molar-refractivity contribution in [1.82, 2.24) is 14.8 Å². The first-order valence-electron chi connectivity index (χ1n) is 10.4. The summed E-state index contributed by atoms with van der Waals surface area (Å²) >= 11 is 7.45. The van der Waals surface area contributed by atoms with Crippen LogP contribution in [0.4, 0.5) is 11.4 Å². The number of carbonyl (C=O) groups is 1. The Hall–Kier alpha value is -3.03. The molecule has 0 aliphatic rings. The van der Waals surface area contributed by atoms with E-state index >= 15 is 0 Å². The third kappa shape index (κ3) is 5.06. The van der Waals surface area contributed by atoms with Gasteiger partial charge < -0.3 is 15.2 Å². The summed E-state index contributed by atoms with van der Waals surface area (Å²) in [5.74, 6) is 0.729. The van der Waals surface area contributed by atoms with Crippen LogP contribution in [0.15, 0.2) is 71.9 Å². The van der Waals surface area contributed by atoms with E-state index in [1.807, 2.05) is 85.1 Å². The number of rotatable bonds is 8. The Balaban J connectivity index is 1.43. The minimum Gasteiger partial charge on any atom is -0.378 e. The van der Waals surface area contributed by atoms with Crippen LogP contribution in [0.2, 0.25) is 5.02 Å². The Morgan fingerprint density at radius 3 is 2.69 bits per heavy atom. The van der Waals surface area contributed by atoms with E-state index in [-0.39, 0.29) is 11.2 Å². The summed E-state index contributed by atoms with van der Waals surface area (Å²) in [4.78, 5) is 12.9. The lowest BCUT2D eigenvalue weighted by Crippen LogP contribution is -2.23. The number of aromatic nitrogens is 3. The molecular formula is C24H24ClN5OS. The number of nitrogens with zero attached hydrogens (tertiary/aromatic N) is 3. The Labute approximate surface area is 196 Å². The predicted octanol–water partition coefficient (Wildman–Crippen LogP) is 5.84. The SMILES string of the molecule is CCn1c(CNc2cccc(Cl)c2)nnc1SC(C)C(=O)Nc1cccc2ccccc12. The number of hydrogen-bond donors (Lipinski definition) is 2. The second kappa shape index (κ2) is 10.1. The maximum Gasteiger partial charge on any atom is 0.237 e. The molecule has 32 heavy (non-hydrogen) atoms. The van der Waals surface area contributed by atoms with E-state index in [0.29, 0.717) is 18.1 Å². The summed E-state index contributed by atoms with van der Waals surface area (Å²) in [6, 6.07) is 21.5. The van der Waals surface area contributed by atoms with Gasteiger partial charge in [-0.15, -0.1) is 10.2 Å². The number of halogens is 1. The number of amides is 1. The van der Waals surface area contributed by atoms with Gasteiger partial charge in [0, 0.05) is 28.3 Å². The van der Waals surface area contributed by atoms with Crippen molar-refractivity contribution in [2.45, 2.75) is 37.3 Å². The molecule has 0 saturated heterocycles. The monoisotopic (exact) mass is 465 g/mol. The predicted molar refractivity (Wildman–Crippen MR) is 132 cm³/mol. The highest BCUT2D eigenvalue weighted by atomic mass is 35.5. The number of anilines is 2. The van der Waals surface area contributed by atoms with Gasteiger partial charge in [-0.05, 0) is 43.5 Å². The fourth-order valence-electron chi connectivity index (χ4n) is 3.41. The Kier molecular flexibility index (Phi) is 6.97. The summed E-state index contributed by atoms with van der Waals surface area (Å²) in [7, 11) is 0. The highest BCUT2D eigenvalue weighted by molar-refractivity contribution is 8.00. The Bertz CT molecular complexity index is 1240. The first-order valence-corrected chi connectivity index (χ1v) is 11.7. The second-order valence-electron chi connectivity index (χ2n) is 7.28. The maximum absolute atomic E-state index is 12.9. The molecule has 1 amide bonds. The van der Waals surface area contributed by atoms with Crippen molar-refractivity contribution in [3.8, 4) is 0 Å². The summed E-state index contributed by atoms with van der Waals surface area (Å²) in [5, 5.41) is 18.2. The van der Waals surface area contributed by atoms with E-state index in [0.717, 1.165) is 33.1 Å². The van der Waals surface area contributed by atoms with Crippen molar-refractivity contribution in [3.63, 3.8) is 0 Å². The van der Waals surface area contributed by atoms with Crippen LogP contribution in [-0.4, -0.2) is 25.9 Å². The van der Waals surface area contributed by atoms with Gasteiger partial charge in [-0.25, -0.2) is 0 Å². The smallest absolute Gasteiger partial charge is 0.237 e. The summed E-state index contributed by atoms with van der Waals surface area (Å²) in [6.07, 6.45) is 0. The van der Waals surface area contributed by atoms with E-state index in [1.54, 1.807) is 0 Å². The number of hydrogen-bond acceptors (Lipinski definition) is 5. The molecule has 0 fully saturated rings. The van der Waals surface area contributed by atoms with Crippen LogP contribution in [0.3, 0.4) is 0 Å². The van der Waals surface area contributed by atoms with Crippen LogP contribution in [0.1, 0.15) is 19.7 Å². The van der Waals surface area contributed by atoms with Crippen LogP contribution in [0.25, 0.3) is 10.8 Å². The van der Waals surface area contributed by atoms with E-state index in [1.165, 1.54) is 11.8 Å². The molecule has 0 aliphatic heterocycles. The van der Waals surface area contributed by atoms with Crippen molar-refractivity contribution in [2.75, 3.05) is 10.6 Å². The molecule has 0 spiro atoms. The third-order valence-corrected chi connectivity index (χ3v) is 6.40. The zero-order chi connectivity index (χ0) is 22.5. The molecule has 6 nitrogen and oxygen atoms in total. The van der Waals surface area contributed by atoms with E-state index in [9.17, 15) is 4.79 Å². The fourth-order valence-corrected chi connectivity index (χ4v) is 4.54. The Morgan fingerprint density at radius 2 is 1.88 bits per heavy atom. The van der Waals surface area contributed by atoms with Gasteiger partial charge in [0.1, 0.15) is 0 Å². The van der Waals surface area contributed by atoms with Crippen LogP contribution < -0.4 is 10.6 Å². The lowest BCUT2D eigenvalue weighted by molar-refractivity contribution is -0.115. The van der Waals surface area contributed by atoms with Crippen molar-refractivity contribution in [1.29, 1.82) is 0 Å². The lowest BCUT2D eigenvalue weighted by atomic mass is 10.1. The molecular weight excluding hydrogens is 442 g/mol. The molecule has 3 aromatic carbocycles. The van der Waals surface area contributed by atoms with E-state index < -0.39 is 0 Å². The van der Waals surface area contributed by atoms with Gasteiger partial charge in [0.25, 0.3) is 0 Å². The van der Waals surface area contributed by atoms with Crippen molar-refractivity contribution >= 4 is 51.4 Å². The molecule has 8 heteroatoms. The minimum atomic E-state index is -0.336. The zero-order valence-corrected chi connectivity index (χ0v) is 19.5. The summed E-state index contributed by atoms with van der Waals surface area (Å²) in [6.45, 7) is 5.14. The molecule has 0 aliphatic carbocycles. The van der Waals surface area contributed by atoms with Crippen molar-refractivity contribution in [2.24, 2.45) is 0 Å². The molecule has 1 aromatic heterocycles. The molecule has 1 unspecified atom stereocenters. The molecule has 0 bridgehead atoms. The van der Waals surface area contributed by atoms with E-state index in [4.69, 9.17) is 11.6 Å². The molecule has 2 N–H and O–H groups in total. The standard InChI is InChI=1S/C24H24ClN5OS/c1-3-30-22(15-26-19-11-7-10-18(25)14-19)28-29-24(30)32-16(2)23(31)27-21-13-6-9-17-8-4-5-12-20(17)21/h4-14,16,26H,3,15H2,1-2H3,(H,27,31). The van der Waals surface area contributed by atoms with Gasteiger partial charge in [-0.2, -0.15) is 0 Å². The average Bonchev–Trinajstić information content (AvgIpc) is 3.19. The van der Waals surface area contributed by atoms with Crippen LogP contribution in [-0.2, 0) is 17.9 Å². The molecule has 0 radical (unpaired) electrons. The van der Waals surface area contributed by atoms with Crippen LogP contribution in [0, 0.1) is 0 Å². The van der Waals surface area contributed by atoms with E-state index in [2.05, 4.69) is 20.8 Å². The largest absolute Gasteiger partial charge is 0.378 e. The summed E-state index contributed by atoms with van der Waals surface area (Å²) < 4.78 is 2.02. The third-order valence-electron chi connectivity index (χ3n) is 5.08. The van der Waals surface area contributed by atoms with Crippen LogP contribution >= 0.6 is 23.4 Å². The average molecular weight is 466 g/mol. The molecule has 1 heterocycles. The number of nitrogens with one attached hydrogen (secondary N) is 2. The number of thioether (sulfide) groups is 1. The molecule has 0 saturated carbocycles. The van der Waals surface area contributed by atoms with Gasteiger partial charge in [0.2, 0.25) is 5.91 Å². The fraction of sp³-hybridized carbons (Fsp3) is 0.208. The summed E-state index contributed by atoms with van der Waals surface area (Å²) in [5.41, 5.74) is 1.73. The van der Waals surface area contributed by atoms with Crippen molar-refractivity contribution < 1.29 is 4.79 Å². The lowest BCUT2D eigenvalue weighted by Gasteiger charge is -2.14. The highest BCUT2D eigenvalue weighted by Crippen LogP contribution is 2.27.